The number of carbonyl (C=O) groups excluding carboxylic acids is 2. The second-order valence-electron chi connectivity index (χ2n) is 9.39. The topological polar surface area (TPSA) is 104 Å². The Labute approximate surface area is 212 Å². The van der Waals surface area contributed by atoms with Crippen LogP contribution in [0, 0.1) is 29.6 Å². The van der Waals surface area contributed by atoms with Crippen LogP contribution >= 0.6 is 15.9 Å². The molecule has 178 valence electrons. The molecular weight excluding hydrogens is 508 g/mol. The van der Waals surface area contributed by atoms with E-state index in [0.717, 1.165) is 34.0 Å². The molecule has 0 radical (unpaired) electrons. The van der Waals surface area contributed by atoms with Gasteiger partial charge in [0, 0.05) is 47.3 Å². The lowest BCUT2D eigenvalue weighted by Gasteiger charge is -2.21. The predicted molar refractivity (Wildman–Crippen MR) is 135 cm³/mol. The largest absolute Gasteiger partial charge is 0.311 e. The zero-order valence-electron chi connectivity index (χ0n) is 19.6. The first-order valence-electron chi connectivity index (χ1n) is 11.6. The third-order valence-corrected chi connectivity index (χ3v) is 7.17. The monoisotopic (exact) mass is 532 g/mol. The molecule has 1 saturated carbocycles. The van der Waals surface area contributed by atoms with Gasteiger partial charge in [-0.2, -0.15) is 10.4 Å². The van der Waals surface area contributed by atoms with E-state index in [-0.39, 0.29) is 24.2 Å². The maximum absolute atomic E-state index is 13.2. The number of aromatic nitrogens is 3. The fourth-order valence-electron chi connectivity index (χ4n) is 4.87. The molecule has 0 unspecified atom stereocenters. The number of nitriles is 1. The quantitative estimate of drug-likeness (QED) is 0.506. The van der Waals surface area contributed by atoms with Crippen LogP contribution in [0.25, 0.3) is 11.1 Å². The second kappa shape index (κ2) is 8.93. The van der Waals surface area contributed by atoms with Crippen LogP contribution in [0.3, 0.4) is 0 Å². The van der Waals surface area contributed by atoms with E-state index in [1.807, 2.05) is 44.4 Å². The van der Waals surface area contributed by atoms with Crippen molar-refractivity contribution in [2.75, 3.05) is 16.8 Å². The van der Waals surface area contributed by atoms with Crippen molar-refractivity contribution in [1.29, 1.82) is 5.26 Å². The van der Waals surface area contributed by atoms with Crippen molar-refractivity contribution in [3.8, 4) is 17.2 Å². The molecule has 2 amide bonds. The highest BCUT2D eigenvalue weighted by Gasteiger charge is 2.56. The molecule has 0 spiro atoms. The Morgan fingerprint density at radius 3 is 2.74 bits per heavy atom. The van der Waals surface area contributed by atoms with E-state index in [1.165, 1.54) is 0 Å². The average Bonchev–Trinajstić information content (AvgIpc) is 3.47. The Hall–Kier alpha value is -3.51. The standard InChI is InChI=1S/C26H25BrN6O2/c1-16-7-22(33-6-5-26(15-28,25(33)35)20-3-4-20)12-23(30-16)31-24(34)10-17-8-18(11-21(27)9-17)19-13-29-32(2)14-19/h7-9,11-14,20H,3-6,10H2,1-2H3,(H,30,31,34)/t26-/m1/s1. The molecule has 1 aliphatic heterocycles. The number of nitrogens with one attached hydrogen (secondary N) is 1. The number of hydrogen-bond donors (Lipinski definition) is 1. The van der Waals surface area contributed by atoms with Crippen molar-refractivity contribution < 1.29 is 9.59 Å². The summed E-state index contributed by atoms with van der Waals surface area (Å²) in [5.41, 5.74) is 3.23. The predicted octanol–water partition coefficient (Wildman–Crippen LogP) is 4.39. The molecule has 2 aliphatic rings. The van der Waals surface area contributed by atoms with Gasteiger partial charge in [-0.3, -0.25) is 14.3 Å². The summed E-state index contributed by atoms with van der Waals surface area (Å²) < 4.78 is 2.61. The molecule has 8 nitrogen and oxygen atoms in total. The number of halogens is 1. The molecule has 1 aromatic carbocycles. The van der Waals surface area contributed by atoms with Crippen molar-refractivity contribution in [3.63, 3.8) is 0 Å². The molecule has 1 N–H and O–H groups in total. The Kier molecular flexibility index (Phi) is 5.93. The van der Waals surface area contributed by atoms with Crippen LogP contribution in [0.15, 0.2) is 47.2 Å². The Balaban J connectivity index is 1.33. The smallest absolute Gasteiger partial charge is 0.247 e. The highest BCUT2D eigenvalue weighted by atomic mass is 79.9. The maximum Gasteiger partial charge on any atom is 0.247 e. The van der Waals surface area contributed by atoms with Crippen LogP contribution in [0.4, 0.5) is 11.5 Å². The van der Waals surface area contributed by atoms with Crippen molar-refractivity contribution in [2.24, 2.45) is 18.4 Å². The average molecular weight is 533 g/mol. The van der Waals surface area contributed by atoms with Crippen molar-refractivity contribution >= 4 is 39.2 Å². The molecule has 5 rings (SSSR count). The third kappa shape index (κ3) is 4.58. The molecule has 1 atom stereocenters. The zero-order valence-corrected chi connectivity index (χ0v) is 21.2. The minimum Gasteiger partial charge on any atom is -0.311 e. The summed E-state index contributed by atoms with van der Waals surface area (Å²) in [5.74, 6) is 0.207. The third-order valence-electron chi connectivity index (χ3n) is 6.71. The number of benzene rings is 1. The zero-order chi connectivity index (χ0) is 24.7. The van der Waals surface area contributed by atoms with E-state index in [9.17, 15) is 14.9 Å². The lowest BCUT2D eigenvalue weighted by molar-refractivity contribution is -0.123. The first-order chi connectivity index (χ1) is 16.8. The van der Waals surface area contributed by atoms with Crippen molar-refractivity contribution in [3.05, 3.63) is 58.5 Å². The van der Waals surface area contributed by atoms with E-state index in [2.05, 4.69) is 37.4 Å². The summed E-state index contributed by atoms with van der Waals surface area (Å²) in [6.45, 7) is 2.32. The van der Waals surface area contributed by atoms with Gasteiger partial charge < -0.3 is 10.2 Å². The van der Waals surface area contributed by atoms with Gasteiger partial charge in [0.1, 0.15) is 11.2 Å². The van der Waals surface area contributed by atoms with Gasteiger partial charge in [-0.05, 0) is 61.4 Å². The minimum absolute atomic E-state index is 0.137. The van der Waals surface area contributed by atoms with Gasteiger partial charge in [0.15, 0.2) is 0 Å². The fraction of sp³-hybridized carbons (Fsp3) is 0.346. The molecule has 9 heteroatoms. The summed E-state index contributed by atoms with van der Waals surface area (Å²) in [7, 11) is 1.86. The van der Waals surface area contributed by atoms with Gasteiger partial charge in [0.2, 0.25) is 11.8 Å². The molecule has 3 aromatic rings. The fourth-order valence-corrected chi connectivity index (χ4v) is 5.41. The lowest BCUT2D eigenvalue weighted by Crippen LogP contribution is -2.35. The number of hydrogen-bond acceptors (Lipinski definition) is 5. The van der Waals surface area contributed by atoms with Crippen LogP contribution in [-0.4, -0.2) is 33.1 Å². The molecule has 1 saturated heterocycles. The van der Waals surface area contributed by atoms with Crippen LogP contribution in [0.1, 0.15) is 30.5 Å². The molecule has 35 heavy (non-hydrogen) atoms. The van der Waals surface area contributed by atoms with E-state index in [4.69, 9.17) is 0 Å². The first-order valence-corrected chi connectivity index (χ1v) is 12.4. The molecule has 0 bridgehead atoms. The Bertz CT molecular complexity index is 1370. The summed E-state index contributed by atoms with van der Waals surface area (Å²) >= 11 is 3.53. The van der Waals surface area contributed by atoms with Gasteiger partial charge in [0.25, 0.3) is 0 Å². The number of pyridine rings is 1. The van der Waals surface area contributed by atoms with Crippen LogP contribution < -0.4 is 10.2 Å². The highest BCUT2D eigenvalue weighted by molar-refractivity contribution is 9.10. The second-order valence-corrected chi connectivity index (χ2v) is 10.3. The number of rotatable bonds is 6. The van der Waals surface area contributed by atoms with Crippen molar-refractivity contribution in [2.45, 2.75) is 32.6 Å². The number of anilines is 2. The van der Waals surface area contributed by atoms with E-state index >= 15 is 0 Å². The molecule has 1 aliphatic carbocycles. The van der Waals surface area contributed by atoms with Gasteiger partial charge >= 0.3 is 0 Å². The van der Waals surface area contributed by atoms with Crippen molar-refractivity contribution in [1.82, 2.24) is 14.8 Å². The summed E-state index contributed by atoms with van der Waals surface area (Å²) in [6.07, 6.45) is 6.28. The Morgan fingerprint density at radius 2 is 2.06 bits per heavy atom. The summed E-state index contributed by atoms with van der Waals surface area (Å²) in [6, 6.07) is 11.7. The number of carbonyl (C=O) groups is 2. The Morgan fingerprint density at radius 1 is 1.26 bits per heavy atom. The van der Waals surface area contributed by atoms with E-state index in [0.29, 0.717) is 30.2 Å². The SMILES string of the molecule is Cc1cc(N2CC[C@@](C#N)(C3CC3)C2=O)cc(NC(=O)Cc2cc(Br)cc(-c3cnn(C)c3)c2)n1. The number of amides is 2. The normalized spacial score (nSPS) is 19.6. The summed E-state index contributed by atoms with van der Waals surface area (Å²) in [5, 5.41) is 16.9. The maximum atomic E-state index is 13.2. The lowest BCUT2D eigenvalue weighted by atomic mass is 9.83. The first kappa shape index (κ1) is 23.2. The van der Waals surface area contributed by atoms with E-state index < -0.39 is 5.41 Å². The van der Waals surface area contributed by atoms with Gasteiger partial charge in [-0.1, -0.05) is 22.0 Å². The van der Waals surface area contributed by atoms with Crippen LogP contribution in [-0.2, 0) is 23.1 Å². The molecule has 3 heterocycles. The summed E-state index contributed by atoms with van der Waals surface area (Å²) in [4.78, 5) is 32.2. The van der Waals surface area contributed by atoms with Crippen LogP contribution in [0.2, 0.25) is 0 Å². The highest BCUT2D eigenvalue weighted by Crippen LogP contribution is 2.52. The number of nitrogens with zero attached hydrogens (tertiary/aromatic N) is 5. The number of aryl methyl sites for hydroxylation is 2. The molecular formula is C26H25BrN6O2. The van der Waals surface area contributed by atoms with Gasteiger partial charge in [-0.25, -0.2) is 4.98 Å². The van der Waals surface area contributed by atoms with Gasteiger partial charge in [0.05, 0.1) is 18.7 Å². The van der Waals surface area contributed by atoms with E-state index in [1.54, 1.807) is 21.8 Å². The van der Waals surface area contributed by atoms with Crippen LogP contribution in [0.5, 0.6) is 0 Å². The minimum atomic E-state index is -0.909. The molecule has 2 aromatic heterocycles. The molecule has 2 fully saturated rings. The van der Waals surface area contributed by atoms with Gasteiger partial charge in [-0.15, -0.1) is 0 Å².